The summed E-state index contributed by atoms with van der Waals surface area (Å²) in [5.41, 5.74) is 1.05. The van der Waals surface area contributed by atoms with Crippen molar-refractivity contribution >= 4 is 11.8 Å². The van der Waals surface area contributed by atoms with E-state index in [-0.39, 0.29) is 11.8 Å². The third-order valence-electron chi connectivity index (χ3n) is 4.53. The normalized spacial score (nSPS) is 14.5. The number of nitrogens with zero attached hydrogens (tertiary/aromatic N) is 2. The fourth-order valence-electron chi connectivity index (χ4n) is 2.92. The van der Waals surface area contributed by atoms with Crippen molar-refractivity contribution in [3.63, 3.8) is 0 Å². The first-order valence-electron chi connectivity index (χ1n) is 7.49. The lowest BCUT2D eigenvalue weighted by Crippen LogP contribution is -2.52. The maximum Gasteiger partial charge on any atom is 0.261 e. The lowest BCUT2D eigenvalue weighted by Gasteiger charge is -2.36. The molecule has 0 bridgehead atoms. The summed E-state index contributed by atoms with van der Waals surface area (Å²) in [6.07, 6.45) is 1.91. The molecular weight excluding hydrogens is 264 g/mol. The van der Waals surface area contributed by atoms with Gasteiger partial charge in [0.15, 0.2) is 0 Å². The number of benzene rings is 1. The minimum absolute atomic E-state index is 0.167. The van der Waals surface area contributed by atoms with Crippen LogP contribution in [0.4, 0.5) is 0 Å². The van der Waals surface area contributed by atoms with Gasteiger partial charge in [-0.05, 0) is 32.1 Å². The monoisotopic (exact) mass is 287 g/mol. The Morgan fingerprint density at radius 1 is 1.10 bits per heavy atom. The van der Waals surface area contributed by atoms with Crippen LogP contribution in [0, 0.1) is 0 Å². The van der Waals surface area contributed by atoms with E-state index in [2.05, 4.69) is 20.4 Å². The first-order valence-corrected chi connectivity index (χ1v) is 7.49. The van der Waals surface area contributed by atoms with Crippen LogP contribution in [0.3, 0.4) is 0 Å². The lowest BCUT2D eigenvalue weighted by molar-refractivity contribution is -0.918. The van der Waals surface area contributed by atoms with E-state index in [0.29, 0.717) is 17.7 Å². The summed E-state index contributed by atoms with van der Waals surface area (Å²) in [4.78, 5) is 26.1. The second kappa shape index (κ2) is 6.22. The molecule has 2 amide bonds. The Morgan fingerprint density at radius 2 is 1.62 bits per heavy atom. The molecule has 0 aliphatic carbocycles. The molecule has 1 aromatic rings. The van der Waals surface area contributed by atoms with Crippen LogP contribution >= 0.6 is 0 Å². The van der Waals surface area contributed by atoms with Gasteiger partial charge in [-0.25, -0.2) is 0 Å². The Hall–Kier alpha value is -1.94. The Kier molecular flexibility index (Phi) is 4.58. The SMILES string of the molecule is C=CC[N+](CC)(CC)CCN1C(=O)c2ccccc2C1=O. The van der Waals surface area contributed by atoms with Gasteiger partial charge in [-0.15, -0.1) is 0 Å². The second-order valence-electron chi connectivity index (χ2n) is 5.48. The van der Waals surface area contributed by atoms with E-state index in [1.807, 2.05) is 6.08 Å². The van der Waals surface area contributed by atoms with Crippen molar-refractivity contribution in [1.29, 1.82) is 0 Å². The average molecular weight is 287 g/mol. The van der Waals surface area contributed by atoms with Crippen molar-refractivity contribution in [2.75, 3.05) is 32.7 Å². The van der Waals surface area contributed by atoms with Gasteiger partial charge in [0.05, 0.1) is 43.9 Å². The average Bonchev–Trinajstić information content (AvgIpc) is 2.76. The van der Waals surface area contributed by atoms with Crippen molar-refractivity contribution < 1.29 is 14.1 Å². The molecule has 1 heterocycles. The number of imide groups is 1. The zero-order valence-electron chi connectivity index (χ0n) is 12.8. The highest BCUT2D eigenvalue weighted by atomic mass is 16.2. The zero-order valence-corrected chi connectivity index (χ0v) is 12.8. The van der Waals surface area contributed by atoms with E-state index < -0.39 is 0 Å². The fourth-order valence-corrected chi connectivity index (χ4v) is 2.92. The molecule has 2 rings (SSSR count). The molecule has 1 aromatic carbocycles. The summed E-state index contributed by atoms with van der Waals surface area (Å²) in [5, 5.41) is 0. The largest absolute Gasteiger partial charge is 0.319 e. The Morgan fingerprint density at radius 3 is 2.05 bits per heavy atom. The van der Waals surface area contributed by atoms with Gasteiger partial charge in [0, 0.05) is 0 Å². The van der Waals surface area contributed by atoms with Gasteiger partial charge in [-0.2, -0.15) is 0 Å². The van der Waals surface area contributed by atoms with Crippen LogP contribution in [0.25, 0.3) is 0 Å². The van der Waals surface area contributed by atoms with Crippen molar-refractivity contribution in [3.8, 4) is 0 Å². The second-order valence-corrected chi connectivity index (χ2v) is 5.48. The highest BCUT2D eigenvalue weighted by Gasteiger charge is 2.36. The number of likely N-dealkylation sites (N-methyl/N-ethyl adjacent to an activating group) is 1. The van der Waals surface area contributed by atoms with Crippen LogP contribution in [0.1, 0.15) is 34.6 Å². The molecule has 0 saturated heterocycles. The predicted octanol–water partition coefficient (Wildman–Crippen LogP) is 2.33. The van der Waals surface area contributed by atoms with Gasteiger partial charge < -0.3 is 4.48 Å². The number of hydrogen-bond acceptors (Lipinski definition) is 2. The number of rotatable bonds is 7. The first kappa shape index (κ1) is 15.4. The van der Waals surface area contributed by atoms with Crippen LogP contribution in [-0.4, -0.2) is 53.9 Å². The van der Waals surface area contributed by atoms with Crippen LogP contribution in [0.5, 0.6) is 0 Å². The summed E-state index contributed by atoms with van der Waals surface area (Å²) in [5.74, 6) is -0.334. The number of hydrogen-bond donors (Lipinski definition) is 0. The number of quaternary nitrogens is 1. The van der Waals surface area contributed by atoms with Crippen molar-refractivity contribution in [2.45, 2.75) is 13.8 Å². The van der Waals surface area contributed by atoms with E-state index in [0.717, 1.165) is 30.7 Å². The van der Waals surface area contributed by atoms with Crippen LogP contribution in [0.2, 0.25) is 0 Å². The zero-order chi connectivity index (χ0) is 15.5. The van der Waals surface area contributed by atoms with E-state index in [1.54, 1.807) is 24.3 Å². The molecule has 112 valence electrons. The Bertz CT molecular complexity index is 527. The van der Waals surface area contributed by atoms with Crippen LogP contribution in [0.15, 0.2) is 36.9 Å². The summed E-state index contributed by atoms with van der Waals surface area (Å²) < 4.78 is 0.844. The number of amides is 2. The van der Waals surface area contributed by atoms with Crippen molar-refractivity contribution in [2.24, 2.45) is 0 Å². The molecule has 1 aliphatic heterocycles. The molecule has 1 aliphatic rings. The molecule has 0 unspecified atom stereocenters. The molecule has 4 nitrogen and oxygen atoms in total. The van der Waals surface area contributed by atoms with E-state index in [4.69, 9.17) is 0 Å². The number of carbonyl (C=O) groups is 2. The van der Waals surface area contributed by atoms with E-state index in [1.165, 1.54) is 4.90 Å². The molecule has 0 saturated carbocycles. The van der Waals surface area contributed by atoms with Gasteiger partial charge in [-0.1, -0.05) is 18.7 Å². The van der Waals surface area contributed by atoms with Gasteiger partial charge in [0.25, 0.3) is 11.8 Å². The quantitative estimate of drug-likeness (QED) is 0.438. The molecule has 0 atom stereocenters. The molecule has 0 aromatic heterocycles. The van der Waals surface area contributed by atoms with Crippen molar-refractivity contribution in [1.82, 2.24) is 4.90 Å². The van der Waals surface area contributed by atoms with Crippen LogP contribution < -0.4 is 0 Å². The van der Waals surface area contributed by atoms with Gasteiger partial charge >= 0.3 is 0 Å². The van der Waals surface area contributed by atoms with Gasteiger partial charge in [0.2, 0.25) is 0 Å². The minimum atomic E-state index is -0.167. The summed E-state index contributed by atoms with van der Waals surface area (Å²) in [6.45, 7) is 12.1. The predicted molar refractivity (Wildman–Crippen MR) is 83.1 cm³/mol. The number of fused-ring (bicyclic) bond motifs is 1. The molecule has 0 radical (unpaired) electrons. The molecular formula is C17H23N2O2+. The molecule has 0 spiro atoms. The topological polar surface area (TPSA) is 37.4 Å². The lowest BCUT2D eigenvalue weighted by atomic mass is 10.1. The summed E-state index contributed by atoms with van der Waals surface area (Å²) >= 11 is 0. The summed E-state index contributed by atoms with van der Waals surface area (Å²) in [6, 6.07) is 7.04. The van der Waals surface area contributed by atoms with E-state index >= 15 is 0 Å². The highest BCUT2D eigenvalue weighted by molar-refractivity contribution is 6.21. The molecule has 4 heteroatoms. The molecule has 21 heavy (non-hydrogen) atoms. The third-order valence-corrected chi connectivity index (χ3v) is 4.53. The smallest absolute Gasteiger partial charge is 0.261 e. The number of carbonyl (C=O) groups excluding carboxylic acids is 2. The van der Waals surface area contributed by atoms with Crippen molar-refractivity contribution in [3.05, 3.63) is 48.0 Å². The first-order chi connectivity index (χ1) is 10.1. The third kappa shape index (κ3) is 2.76. The standard InChI is InChI=1S/C17H23N2O2/c1-4-12-19(5-2,6-3)13-11-18-16(20)14-9-7-8-10-15(14)17(18)21/h4,7-10H,1,5-6,11-13H2,2-3H3/q+1. The molecule has 0 N–H and O–H groups in total. The Balaban J connectivity index is 2.13. The minimum Gasteiger partial charge on any atom is -0.319 e. The van der Waals surface area contributed by atoms with Gasteiger partial charge in [0.1, 0.15) is 0 Å². The maximum atomic E-state index is 12.3. The van der Waals surface area contributed by atoms with Crippen LogP contribution in [-0.2, 0) is 0 Å². The van der Waals surface area contributed by atoms with Gasteiger partial charge in [-0.3, -0.25) is 14.5 Å². The van der Waals surface area contributed by atoms with E-state index in [9.17, 15) is 9.59 Å². The molecule has 0 fully saturated rings. The highest BCUT2D eigenvalue weighted by Crippen LogP contribution is 2.22. The summed E-state index contributed by atoms with van der Waals surface area (Å²) in [7, 11) is 0. The fraction of sp³-hybridized carbons (Fsp3) is 0.412. The maximum absolute atomic E-state index is 12.3. The Labute approximate surface area is 126 Å².